The highest BCUT2D eigenvalue weighted by molar-refractivity contribution is 6.32. The van der Waals surface area contributed by atoms with Crippen molar-refractivity contribution < 1.29 is 14.6 Å². The average Bonchev–Trinajstić information content (AvgIpc) is 2.18. The quantitative estimate of drug-likeness (QED) is 0.808. The number of hydrogen-bond donors (Lipinski definition) is 1. The molecule has 0 amide bonds. The Bertz CT molecular complexity index is 369. The van der Waals surface area contributed by atoms with Crippen molar-refractivity contribution in [3.05, 3.63) is 28.8 Å². The van der Waals surface area contributed by atoms with Crippen molar-refractivity contribution in [2.45, 2.75) is 25.9 Å². The molecule has 0 bridgehead atoms. The normalized spacial score (nSPS) is 11.2. The van der Waals surface area contributed by atoms with Crippen molar-refractivity contribution in [2.75, 3.05) is 6.61 Å². The molecular weight excluding hydrogens is 228 g/mol. The van der Waals surface area contributed by atoms with Gasteiger partial charge in [0.2, 0.25) is 0 Å². The van der Waals surface area contributed by atoms with Crippen LogP contribution in [0, 0.1) is 0 Å². The maximum atomic E-state index is 10.5. The number of aldehydes is 1. The number of carbonyl (C=O) groups excluding carboxylic acids is 1. The summed E-state index contributed by atoms with van der Waals surface area (Å²) in [6.45, 7) is 3.81. The molecule has 88 valence electrons. The van der Waals surface area contributed by atoms with Crippen LogP contribution in [0.25, 0.3) is 0 Å². The Labute approximate surface area is 100.0 Å². The van der Waals surface area contributed by atoms with Crippen LogP contribution >= 0.6 is 11.6 Å². The van der Waals surface area contributed by atoms with Crippen LogP contribution < -0.4 is 4.74 Å². The van der Waals surface area contributed by atoms with E-state index < -0.39 is 5.60 Å². The molecule has 0 saturated heterocycles. The van der Waals surface area contributed by atoms with E-state index in [4.69, 9.17) is 16.3 Å². The molecule has 1 aromatic rings. The fourth-order valence-corrected chi connectivity index (χ4v) is 1.36. The average molecular weight is 243 g/mol. The first kappa shape index (κ1) is 13.0. The second kappa shape index (κ2) is 5.32. The fraction of sp³-hybridized carbons (Fsp3) is 0.417. The van der Waals surface area contributed by atoms with Crippen LogP contribution in [0.2, 0.25) is 5.02 Å². The van der Waals surface area contributed by atoms with Gasteiger partial charge in [-0.1, -0.05) is 11.6 Å². The Morgan fingerprint density at radius 3 is 2.69 bits per heavy atom. The van der Waals surface area contributed by atoms with Gasteiger partial charge in [-0.05, 0) is 32.0 Å². The summed E-state index contributed by atoms with van der Waals surface area (Å²) in [5.41, 5.74) is -0.241. The third-order valence-corrected chi connectivity index (χ3v) is 2.36. The number of rotatable bonds is 5. The van der Waals surface area contributed by atoms with E-state index >= 15 is 0 Å². The Balaban J connectivity index is 2.58. The lowest BCUT2D eigenvalue weighted by Gasteiger charge is -2.17. The monoisotopic (exact) mass is 242 g/mol. The number of benzene rings is 1. The first-order valence-corrected chi connectivity index (χ1v) is 5.40. The summed E-state index contributed by atoms with van der Waals surface area (Å²) < 4.78 is 5.40. The summed E-state index contributed by atoms with van der Waals surface area (Å²) in [6, 6.07) is 4.84. The van der Waals surface area contributed by atoms with E-state index in [0.29, 0.717) is 29.4 Å². The van der Waals surface area contributed by atoms with Gasteiger partial charge < -0.3 is 9.84 Å². The third kappa shape index (κ3) is 4.21. The zero-order chi connectivity index (χ0) is 12.2. The standard InChI is InChI=1S/C12H15ClO3/c1-12(2,15)5-6-16-11-4-3-9(8-14)7-10(11)13/h3-4,7-8,15H,5-6H2,1-2H3. The van der Waals surface area contributed by atoms with E-state index in [2.05, 4.69) is 0 Å². The fourth-order valence-electron chi connectivity index (χ4n) is 1.12. The van der Waals surface area contributed by atoms with Crippen molar-refractivity contribution in [3.8, 4) is 5.75 Å². The highest BCUT2D eigenvalue weighted by atomic mass is 35.5. The Morgan fingerprint density at radius 2 is 2.19 bits per heavy atom. The van der Waals surface area contributed by atoms with Gasteiger partial charge >= 0.3 is 0 Å². The largest absolute Gasteiger partial charge is 0.492 e. The Hall–Kier alpha value is -1.06. The first-order chi connectivity index (χ1) is 7.42. The maximum Gasteiger partial charge on any atom is 0.150 e. The van der Waals surface area contributed by atoms with Crippen LogP contribution in [-0.4, -0.2) is 23.6 Å². The van der Waals surface area contributed by atoms with Gasteiger partial charge in [0.1, 0.15) is 12.0 Å². The van der Waals surface area contributed by atoms with Crippen molar-refractivity contribution in [2.24, 2.45) is 0 Å². The summed E-state index contributed by atoms with van der Waals surface area (Å²) in [4.78, 5) is 10.5. The molecule has 0 aliphatic carbocycles. The van der Waals surface area contributed by atoms with Crippen LogP contribution in [0.4, 0.5) is 0 Å². The number of ether oxygens (including phenoxy) is 1. The molecule has 0 aromatic heterocycles. The highest BCUT2D eigenvalue weighted by Gasteiger charge is 2.12. The maximum absolute atomic E-state index is 10.5. The van der Waals surface area contributed by atoms with Gasteiger partial charge in [-0.15, -0.1) is 0 Å². The summed E-state index contributed by atoms with van der Waals surface area (Å²) in [5, 5.41) is 9.89. The number of hydrogen-bond acceptors (Lipinski definition) is 3. The lowest BCUT2D eigenvalue weighted by Crippen LogP contribution is -2.21. The second-order valence-corrected chi connectivity index (χ2v) is 4.63. The van der Waals surface area contributed by atoms with Crippen molar-refractivity contribution in [1.29, 1.82) is 0 Å². The molecule has 1 rings (SSSR count). The summed E-state index contributed by atoms with van der Waals surface area (Å²) in [6.07, 6.45) is 1.24. The number of aliphatic hydroxyl groups is 1. The summed E-state index contributed by atoms with van der Waals surface area (Å²) >= 11 is 5.91. The minimum absolute atomic E-state index is 0.379. The number of halogens is 1. The molecule has 0 radical (unpaired) electrons. The van der Waals surface area contributed by atoms with Crippen molar-refractivity contribution in [3.63, 3.8) is 0 Å². The van der Waals surface area contributed by atoms with Crippen molar-refractivity contribution >= 4 is 17.9 Å². The van der Waals surface area contributed by atoms with Gasteiger partial charge in [0, 0.05) is 12.0 Å². The number of carbonyl (C=O) groups is 1. The minimum atomic E-state index is -0.755. The molecule has 0 saturated carbocycles. The first-order valence-electron chi connectivity index (χ1n) is 5.02. The minimum Gasteiger partial charge on any atom is -0.492 e. The van der Waals surface area contributed by atoms with E-state index in [0.717, 1.165) is 6.29 Å². The van der Waals surface area contributed by atoms with Crippen LogP contribution in [0.15, 0.2) is 18.2 Å². The molecular formula is C12H15ClO3. The summed E-state index contributed by atoms with van der Waals surface area (Å²) in [7, 11) is 0. The molecule has 3 nitrogen and oxygen atoms in total. The van der Waals surface area contributed by atoms with Gasteiger partial charge in [-0.25, -0.2) is 0 Å². The predicted molar refractivity (Wildman–Crippen MR) is 63.2 cm³/mol. The van der Waals surface area contributed by atoms with E-state index in [9.17, 15) is 9.90 Å². The molecule has 0 fully saturated rings. The van der Waals surface area contributed by atoms with Crippen LogP contribution in [0.1, 0.15) is 30.6 Å². The van der Waals surface area contributed by atoms with Crippen LogP contribution in [0.3, 0.4) is 0 Å². The SMILES string of the molecule is CC(C)(O)CCOc1ccc(C=O)cc1Cl. The van der Waals surface area contributed by atoms with Crippen LogP contribution in [0.5, 0.6) is 5.75 Å². The molecule has 16 heavy (non-hydrogen) atoms. The lowest BCUT2D eigenvalue weighted by molar-refractivity contribution is 0.0553. The smallest absolute Gasteiger partial charge is 0.150 e. The summed E-state index contributed by atoms with van der Waals surface area (Å²) in [5.74, 6) is 0.525. The Kier molecular flexibility index (Phi) is 4.33. The zero-order valence-electron chi connectivity index (χ0n) is 9.37. The van der Waals surface area contributed by atoms with Gasteiger partial charge in [0.15, 0.2) is 0 Å². The molecule has 1 N–H and O–H groups in total. The van der Waals surface area contributed by atoms with E-state index in [-0.39, 0.29) is 0 Å². The molecule has 1 aromatic carbocycles. The molecule has 0 spiro atoms. The van der Waals surface area contributed by atoms with E-state index in [1.165, 1.54) is 0 Å². The van der Waals surface area contributed by atoms with Gasteiger partial charge in [0.05, 0.1) is 17.2 Å². The van der Waals surface area contributed by atoms with E-state index in [1.54, 1.807) is 32.0 Å². The molecule has 0 atom stereocenters. The molecule has 4 heteroatoms. The lowest BCUT2D eigenvalue weighted by atomic mass is 10.1. The van der Waals surface area contributed by atoms with E-state index in [1.807, 2.05) is 0 Å². The highest BCUT2D eigenvalue weighted by Crippen LogP contribution is 2.25. The molecule has 0 heterocycles. The van der Waals surface area contributed by atoms with Crippen LogP contribution in [-0.2, 0) is 0 Å². The zero-order valence-corrected chi connectivity index (χ0v) is 10.1. The topological polar surface area (TPSA) is 46.5 Å². The molecule has 0 aliphatic rings. The second-order valence-electron chi connectivity index (χ2n) is 4.22. The van der Waals surface area contributed by atoms with Gasteiger partial charge in [0.25, 0.3) is 0 Å². The Morgan fingerprint density at radius 1 is 1.50 bits per heavy atom. The van der Waals surface area contributed by atoms with Crippen molar-refractivity contribution in [1.82, 2.24) is 0 Å². The van der Waals surface area contributed by atoms with Gasteiger partial charge in [-0.2, -0.15) is 0 Å². The third-order valence-electron chi connectivity index (χ3n) is 2.06. The predicted octanol–water partition coefficient (Wildman–Crippen LogP) is 2.69. The molecule has 0 unspecified atom stereocenters. The van der Waals surface area contributed by atoms with Gasteiger partial charge in [-0.3, -0.25) is 4.79 Å². The molecule has 0 aliphatic heterocycles.